The van der Waals surface area contributed by atoms with Gasteiger partial charge in [-0.15, -0.1) is 11.3 Å². The molecule has 3 rings (SSSR count). The van der Waals surface area contributed by atoms with Gasteiger partial charge in [-0.25, -0.2) is 14.0 Å². The van der Waals surface area contributed by atoms with Gasteiger partial charge in [-0.3, -0.25) is 0 Å². The Kier molecular flexibility index (Phi) is 3.64. The lowest BCUT2D eigenvalue weighted by Crippen LogP contribution is -2.25. The molecule has 0 N–H and O–H groups in total. The summed E-state index contributed by atoms with van der Waals surface area (Å²) in [7, 11) is 0. The van der Waals surface area contributed by atoms with Crippen molar-refractivity contribution in [2.45, 2.75) is 13.5 Å². The van der Waals surface area contributed by atoms with E-state index in [9.17, 15) is 14.7 Å². The van der Waals surface area contributed by atoms with Crippen LogP contribution in [0.2, 0.25) is 0 Å². The molecule has 3 aromatic rings. The van der Waals surface area contributed by atoms with Crippen LogP contribution >= 0.6 is 11.3 Å². The summed E-state index contributed by atoms with van der Waals surface area (Å²) in [5.74, 6) is -1.24. The van der Waals surface area contributed by atoms with Crippen LogP contribution in [-0.2, 0) is 6.54 Å². The summed E-state index contributed by atoms with van der Waals surface area (Å²) in [6, 6.07) is 9.52. The van der Waals surface area contributed by atoms with Crippen LogP contribution in [0.25, 0.3) is 5.69 Å². The summed E-state index contributed by atoms with van der Waals surface area (Å²) in [5.41, 5.74) is 1.68. The number of thiophene rings is 1. The standard InChI is InChI=1S/C15H13N3O3S/c1-10-12(8-22-13(10)14(19)20)17-9-16-18(15(17)21)7-11-5-3-2-4-6-11/h2-6,8-9H,7H2,1H3,(H,19,20)/p-1. The highest BCUT2D eigenvalue weighted by atomic mass is 32.1. The van der Waals surface area contributed by atoms with Crippen molar-refractivity contribution in [3.8, 4) is 5.69 Å². The zero-order valence-corrected chi connectivity index (χ0v) is 12.5. The Balaban J connectivity index is 1.98. The second kappa shape index (κ2) is 5.61. The van der Waals surface area contributed by atoms with Crippen molar-refractivity contribution in [3.05, 3.63) is 68.5 Å². The number of aromatic carboxylic acids is 1. The predicted molar refractivity (Wildman–Crippen MR) is 80.3 cm³/mol. The fourth-order valence-electron chi connectivity index (χ4n) is 2.21. The number of carbonyl (C=O) groups excluding carboxylic acids is 1. The molecule has 7 heteroatoms. The van der Waals surface area contributed by atoms with Gasteiger partial charge >= 0.3 is 5.69 Å². The summed E-state index contributed by atoms with van der Waals surface area (Å²) in [4.78, 5) is 23.5. The zero-order valence-electron chi connectivity index (χ0n) is 11.7. The average Bonchev–Trinajstić information content (AvgIpc) is 3.04. The number of nitrogens with zero attached hydrogens (tertiary/aromatic N) is 3. The van der Waals surface area contributed by atoms with Gasteiger partial charge in [-0.1, -0.05) is 30.3 Å². The molecule has 22 heavy (non-hydrogen) atoms. The summed E-state index contributed by atoms with van der Waals surface area (Å²) in [6.07, 6.45) is 1.40. The third-order valence-corrected chi connectivity index (χ3v) is 4.42. The van der Waals surface area contributed by atoms with E-state index in [1.807, 2.05) is 30.3 Å². The van der Waals surface area contributed by atoms with Crippen LogP contribution in [0.3, 0.4) is 0 Å². The first-order valence-corrected chi connectivity index (χ1v) is 7.44. The molecule has 0 aliphatic carbocycles. The molecule has 0 atom stereocenters. The first-order chi connectivity index (χ1) is 10.6. The van der Waals surface area contributed by atoms with E-state index in [-0.39, 0.29) is 10.6 Å². The van der Waals surface area contributed by atoms with Crippen molar-refractivity contribution >= 4 is 17.3 Å². The lowest BCUT2D eigenvalue weighted by molar-refractivity contribution is -0.254. The molecule has 112 valence electrons. The second-order valence-corrected chi connectivity index (χ2v) is 5.67. The Morgan fingerprint density at radius 1 is 1.32 bits per heavy atom. The summed E-state index contributed by atoms with van der Waals surface area (Å²) < 4.78 is 2.69. The summed E-state index contributed by atoms with van der Waals surface area (Å²) in [6.45, 7) is 2.02. The Morgan fingerprint density at radius 2 is 2.05 bits per heavy atom. The minimum absolute atomic E-state index is 0.123. The van der Waals surface area contributed by atoms with Crippen molar-refractivity contribution < 1.29 is 9.90 Å². The van der Waals surface area contributed by atoms with E-state index in [1.54, 1.807) is 12.3 Å². The molecule has 0 saturated heterocycles. The monoisotopic (exact) mass is 314 g/mol. The smallest absolute Gasteiger partial charge is 0.350 e. The predicted octanol–water partition coefficient (Wildman–Crippen LogP) is 0.816. The van der Waals surface area contributed by atoms with E-state index in [0.717, 1.165) is 16.9 Å². The van der Waals surface area contributed by atoms with E-state index >= 15 is 0 Å². The Hall–Kier alpha value is -2.67. The quantitative estimate of drug-likeness (QED) is 0.714. The van der Waals surface area contributed by atoms with Gasteiger partial charge in [0.2, 0.25) is 0 Å². The molecule has 0 spiro atoms. The number of benzene rings is 1. The first kappa shape index (κ1) is 14.3. The number of hydrogen-bond acceptors (Lipinski definition) is 5. The van der Waals surface area contributed by atoms with Gasteiger partial charge in [0.05, 0.1) is 23.1 Å². The maximum absolute atomic E-state index is 12.4. The number of hydrogen-bond donors (Lipinski definition) is 0. The normalized spacial score (nSPS) is 10.8. The fourth-order valence-corrected chi connectivity index (χ4v) is 3.11. The molecule has 0 fully saturated rings. The van der Waals surface area contributed by atoms with Gasteiger partial charge in [0.1, 0.15) is 6.33 Å². The van der Waals surface area contributed by atoms with Crippen LogP contribution in [0.5, 0.6) is 0 Å². The highest BCUT2D eigenvalue weighted by molar-refractivity contribution is 7.12. The van der Waals surface area contributed by atoms with Gasteiger partial charge in [-0.2, -0.15) is 5.10 Å². The number of carbonyl (C=O) groups is 1. The van der Waals surface area contributed by atoms with E-state index in [4.69, 9.17) is 0 Å². The van der Waals surface area contributed by atoms with Crippen LogP contribution in [-0.4, -0.2) is 20.3 Å². The lowest BCUT2D eigenvalue weighted by Gasteiger charge is -2.03. The van der Waals surface area contributed by atoms with Gasteiger partial charge < -0.3 is 9.90 Å². The molecule has 2 heterocycles. The number of carboxylic acids is 1. The molecular weight excluding hydrogens is 302 g/mol. The largest absolute Gasteiger partial charge is 0.544 e. The molecule has 0 amide bonds. The SMILES string of the molecule is Cc1c(-n2cnn(Cc3ccccc3)c2=O)csc1C(=O)[O-]. The van der Waals surface area contributed by atoms with E-state index < -0.39 is 5.97 Å². The molecular formula is C15H12N3O3S-. The maximum Gasteiger partial charge on any atom is 0.350 e. The summed E-state index contributed by atoms with van der Waals surface area (Å²) >= 11 is 1.04. The highest BCUT2D eigenvalue weighted by Gasteiger charge is 2.14. The van der Waals surface area contributed by atoms with Crippen molar-refractivity contribution in [1.82, 2.24) is 14.3 Å². The minimum atomic E-state index is -1.24. The Labute approximate surface area is 129 Å². The van der Waals surface area contributed by atoms with Gasteiger partial charge in [-0.05, 0) is 18.1 Å². The molecule has 0 saturated carbocycles. The van der Waals surface area contributed by atoms with Crippen molar-refractivity contribution in [2.75, 3.05) is 0 Å². The van der Waals surface area contributed by atoms with E-state index in [2.05, 4.69) is 5.10 Å². The van der Waals surface area contributed by atoms with Crippen LogP contribution in [0.1, 0.15) is 20.8 Å². The zero-order chi connectivity index (χ0) is 15.7. The Morgan fingerprint density at radius 3 is 2.68 bits per heavy atom. The molecule has 0 bridgehead atoms. The second-order valence-electron chi connectivity index (χ2n) is 4.79. The highest BCUT2D eigenvalue weighted by Crippen LogP contribution is 2.23. The molecule has 0 aliphatic rings. The molecule has 1 aromatic carbocycles. The molecule has 2 aromatic heterocycles. The van der Waals surface area contributed by atoms with Crippen molar-refractivity contribution in [2.24, 2.45) is 0 Å². The maximum atomic E-state index is 12.4. The van der Waals surface area contributed by atoms with Crippen LogP contribution in [0.15, 0.2) is 46.8 Å². The average molecular weight is 314 g/mol. The van der Waals surface area contributed by atoms with Crippen molar-refractivity contribution in [1.29, 1.82) is 0 Å². The Bertz CT molecular complexity index is 877. The molecule has 0 aliphatic heterocycles. The lowest BCUT2D eigenvalue weighted by atomic mass is 10.2. The number of aromatic nitrogens is 3. The van der Waals surface area contributed by atoms with E-state index in [0.29, 0.717) is 17.8 Å². The molecule has 0 radical (unpaired) electrons. The minimum Gasteiger partial charge on any atom is -0.544 e. The van der Waals surface area contributed by atoms with Gasteiger partial charge in [0, 0.05) is 5.38 Å². The topological polar surface area (TPSA) is 80.0 Å². The van der Waals surface area contributed by atoms with Gasteiger partial charge in [0.25, 0.3) is 0 Å². The fraction of sp³-hybridized carbons (Fsp3) is 0.133. The van der Waals surface area contributed by atoms with Crippen molar-refractivity contribution in [3.63, 3.8) is 0 Å². The van der Waals surface area contributed by atoms with Crippen LogP contribution in [0.4, 0.5) is 0 Å². The number of rotatable bonds is 4. The van der Waals surface area contributed by atoms with E-state index in [1.165, 1.54) is 15.6 Å². The van der Waals surface area contributed by atoms with Crippen LogP contribution < -0.4 is 10.8 Å². The molecule has 6 nitrogen and oxygen atoms in total. The first-order valence-electron chi connectivity index (χ1n) is 6.56. The third-order valence-electron chi connectivity index (χ3n) is 3.37. The van der Waals surface area contributed by atoms with Gasteiger partial charge in [0.15, 0.2) is 0 Å². The number of carboxylic acid groups (broad SMARTS) is 1. The molecule has 0 unspecified atom stereocenters. The summed E-state index contributed by atoms with van der Waals surface area (Å²) in [5, 5.41) is 16.7. The van der Waals surface area contributed by atoms with Crippen LogP contribution in [0, 0.1) is 6.92 Å². The third kappa shape index (κ3) is 2.46.